The lowest BCUT2D eigenvalue weighted by Gasteiger charge is -2.12. The van der Waals surface area contributed by atoms with Gasteiger partial charge in [0.15, 0.2) is 0 Å². The Kier molecular flexibility index (Phi) is 4.56. The minimum atomic E-state index is 0.502. The van der Waals surface area contributed by atoms with Crippen LogP contribution < -0.4 is 5.32 Å². The van der Waals surface area contributed by atoms with Crippen LogP contribution in [0, 0.1) is 5.92 Å². The molecule has 0 aliphatic carbocycles. The Morgan fingerprint density at radius 2 is 2.16 bits per heavy atom. The van der Waals surface area contributed by atoms with Gasteiger partial charge in [-0.1, -0.05) is 43.2 Å². The first-order valence-electron chi connectivity index (χ1n) is 6.51. The molecule has 3 heteroatoms. The minimum absolute atomic E-state index is 0.502. The highest BCUT2D eigenvalue weighted by molar-refractivity contribution is 6.35. The fourth-order valence-electron chi connectivity index (χ4n) is 2.10. The molecule has 1 heterocycles. The first kappa shape index (κ1) is 14.0. The molecule has 19 heavy (non-hydrogen) atoms. The summed E-state index contributed by atoms with van der Waals surface area (Å²) in [5.41, 5.74) is 3.44. The number of nitrogens with one attached hydrogen (secondary N) is 1. The van der Waals surface area contributed by atoms with Crippen molar-refractivity contribution < 1.29 is 0 Å². The topological polar surface area (TPSA) is 24.9 Å². The summed E-state index contributed by atoms with van der Waals surface area (Å²) in [5, 5.41) is 4.97. The fraction of sp³-hybridized carbons (Fsp3) is 0.312. The second-order valence-electron chi connectivity index (χ2n) is 4.94. The molecule has 0 saturated heterocycles. The van der Waals surface area contributed by atoms with E-state index in [2.05, 4.69) is 30.2 Å². The molecule has 0 saturated carbocycles. The monoisotopic (exact) mass is 274 g/mol. The molecule has 0 amide bonds. The summed E-state index contributed by atoms with van der Waals surface area (Å²) in [6.07, 6.45) is 4.02. The maximum Gasteiger partial charge on any atom is 0.0789 e. The molecule has 0 fully saturated rings. The molecular formula is C16H19ClN2. The Labute approximate surface area is 119 Å². The summed E-state index contributed by atoms with van der Waals surface area (Å²) in [7, 11) is 1.97. The highest BCUT2D eigenvalue weighted by Crippen LogP contribution is 2.27. The molecular weight excluding hydrogens is 256 g/mol. The molecule has 1 aromatic carbocycles. The summed E-state index contributed by atoms with van der Waals surface area (Å²) in [5.74, 6) is 0.502. The summed E-state index contributed by atoms with van der Waals surface area (Å²) >= 11 is 6.22. The average Bonchev–Trinajstić information content (AvgIpc) is 2.41. The van der Waals surface area contributed by atoms with Gasteiger partial charge in [-0.2, -0.15) is 0 Å². The number of aromatic nitrogens is 1. The predicted molar refractivity (Wildman–Crippen MR) is 83.5 cm³/mol. The van der Waals surface area contributed by atoms with Gasteiger partial charge >= 0.3 is 0 Å². The molecule has 0 aliphatic rings. The molecule has 1 N–H and O–H groups in total. The molecule has 0 aliphatic heterocycles. The van der Waals surface area contributed by atoms with Crippen molar-refractivity contribution in [2.75, 3.05) is 13.6 Å². The highest BCUT2D eigenvalue weighted by Gasteiger charge is 2.07. The molecule has 2 aromatic rings. The van der Waals surface area contributed by atoms with Crippen molar-refractivity contribution in [2.45, 2.75) is 13.8 Å². The average molecular weight is 275 g/mol. The number of nitrogens with zero attached hydrogens (tertiary/aromatic N) is 1. The molecule has 0 radical (unpaired) electrons. The zero-order valence-corrected chi connectivity index (χ0v) is 12.3. The van der Waals surface area contributed by atoms with Crippen LogP contribution in [0.2, 0.25) is 5.02 Å². The van der Waals surface area contributed by atoms with Crippen molar-refractivity contribution in [1.82, 2.24) is 10.3 Å². The first-order valence-corrected chi connectivity index (χ1v) is 6.89. The molecule has 2 rings (SSSR count). The second kappa shape index (κ2) is 6.18. The molecule has 0 unspecified atom stereocenters. The van der Waals surface area contributed by atoms with Gasteiger partial charge in [0.1, 0.15) is 0 Å². The van der Waals surface area contributed by atoms with Gasteiger partial charge in [-0.25, -0.2) is 0 Å². The van der Waals surface area contributed by atoms with Crippen LogP contribution in [-0.2, 0) is 0 Å². The van der Waals surface area contributed by atoms with Crippen LogP contribution in [0.3, 0.4) is 0 Å². The maximum atomic E-state index is 6.22. The molecule has 100 valence electrons. The fourth-order valence-corrected chi connectivity index (χ4v) is 2.32. The van der Waals surface area contributed by atoms with Gasteiger partial charge in [0.05, 0.1) is 10.5 Å². The van der Waals surface area contributed by atoms with E-state index in [1.165, 1.54) is 5.57 Å². The van der Waals surface area contributed by atoms with Gasteiger partial charge in [0.25, 0.3) is 0 Å². The summed E-state index contributed by atoms with van der Waals surface area (Å²) in [4.78, 5) is 4.47. The standard InChI is InChI=1S/C16H19ClN2/c1-11(2)13(10-18-3)9-12-6-7-15(17)14-5-4-8-19-16(12)14/h4-9,11,18H,10H2,1-3H3/b13-9-. The van der Waals surface area contributed by atoms with E-state index in [0.717, 1.165) is 28.0 Å². The number of likely N-dealkylation sites (N-methyl/N-ethyl adjacent to an activating group) is 1. The van der Waals surface area contributed by atoms with Gasteiger partial charge in [0, 0.05) is 23.7 Å². The minimum Gasteiger partial charge on any atom is -0.316 e. The van der Waals surface area contributed by atoms with Crippen molar-refractivity contribution in [3.8, 4) is 0 Å². The highest BCUT2D eigenvalue weighted by atomic mass is 35.5. The maximum absolute atomic E-state index is 6.22. The summed E-state index contributed by atoms with van der Waals surface area (Å²) in [6.45, 7) is 5.29. The number of rotatable bonds is 4. The Morgan fingerprint density at radius 3 is 2.84 bits per heavy atom. The quantitative estimate of drug-likeness (QED) is 0.906. The van der Waals surface area contributed by atoms with Crippen LogP contribution >= 0.6 is 11.6 Å². The Hall–Kier alpha value is -1.38. The van der Waals surface area contributed by atoms with Crippen molar-refractivity contribution in [2.24, 2.45) is 5.92 Å². The van der Waals surface area contributed by atoms with Gasteiger partial charge in [0.2, 0.25) is 0 Å². The molecule has 1 aromatic heterocycles. The van der Waals surface area contributed by atoms with Gasteiger partial charge in [-0.3, -0.25) is 4.98 Å². The molecule has 0 spiro atoms. The Bertz CT molecular complexity index is 603. The third-order valence-electron chi connectivity index (χ3n) is 3.21. The van der Waals surface area contributed by atoms with Crippen LogP contribution in [-0.4, -0.2) is 18.6 Å². The van der Waals surface area contributed by atoms with Crippen LogP contribution in [0.4, 0.5) is 0 Å². The van der Waals surface area contributed by atoms with Crippen molar-refractivity contribution >= 4 is 28.6 Å². The van der Waals surface area contributed by atoms with E-state index in [0.29, 0.717) is 5.92 Å². The number of hydrogen-bond acceptors (Lipinski definition) is 2. The second-order valence-corrected chi connectivity index (χ2v) is 5.35. The van der Waals surface area contributed by atoms with Crippen LogP contribution in [0.1, 0.15) is 19.4 Å². The van der Waals surface area contributed by atoms with Crippen molar-refractivity contribution in [1.29, 1.82) is 0 Å². The van der Waals surface area contributed by atoms with E-state index in [-0.39, 0.29) is 0 Å². The summed E-state index contributed by atoms with van der Waals surface area (Å²) < 4.78 is 0. The van der Waals surface area contributed by atoms with Crippen molar-refractivity contribution in [3.05, 3.63) is 46.6 Å². The SMILES string of the molecule is CNC/C(=C/c1ccc(Cl)c2cccnc12)C(C)C. The number of fused-ring (bicyclic) bond motifs is 1. The van der Waals surface area contributed by atoms with E-state index in [9.17, 15) is 0 Å². The Balaban J connectivity index is 2.56. The zero-order chi connectivity index (χ0) is 13.8. The molecule has 2 nitrogen and oxygen atoms in total. The molecule has 0 bridgehead atoms. The van der Waals surface area contributed by atoms with E-state index in [1.54, 1.807) is 0 Å². The van der Waals surface area contributed by atoms with Crippen molar-refractivity contribution in [3.63, 3.8) is 0 Å². The zero-order valence-electron chi connectivity index (χ0n) is 11.6. The lowest BCUT2D eigenvalue weighted by atomic mass is 9.99. The smallest absolute Gasteiger partial charge is 0.0789 e. The third-order valence-corrected chi connectivity index (χ3v) is 3.54. The van der Waals surface area contributed by atoms with E-state index < -0.39 is 0 Å². The Morgan fingerprint density at radius 1 is 1.37 bits per heavy atom. The lowest BCUT2D eigenvalue weighted by molar-refractivity contribution is 0.713. The molecule has 0 atom stereocenters. The largest absolute Gasteiger partial charge is 0.316 e. The lowest BCUT2D eigenvalue weighted by Crippen LogP contribution is -2.13. The van der Waals surface area contributed by atoms with E-state index >= 15 is 0 Å². The number of halogens is 1. The van der Waals surface area contributed by atoms with Gasteiger partial charge < -0.3 is 5.32 Å². The van der Waals surface area contributed by atoms with Crippen LogP contribution in [0.5, 0.6) is 0 Å². The third kappa shape index (κ3) is 3.14. The van der Waals surface area contributed by atoms with Crippen LogP contribution in [0.25, 0.3) is 17.0 Å². The number of pyridine rings is 1. The normalized spacial score (nSPS) is 12.4. The number of hydrogen-bond donors (Lipinski definition) is 1. The van der Waals surface area contributed by atoms with Gasteiger partial charge in [-0.05, 0) is 31.2 Å². The first-order chi connectivity index (χ1) is 9.13. The summed E-state index contributed by atoms with van der Waals surface area (Å²) in [6, 6.07) is 7.90. The van der Waals surface area contributed by atoms with E-state index in [4.69, 9.17) is 11.6 Å². The number of benzene rings is 1. The van der Waals surface area contributed by atoms with E-state index in [1.807, 2.05) is 37.5 Å². The predicted octanol–water partition coefficient (Wildman–Crippen LogP) is 4.15. The van der Waals surface area contributed by atoms with Crippen LogP contribution in [0.15, 0.2) is 36.0 Å². The van der Waals surface area contributed by atoms with Gasteiger partial charge in [-0.15, -0.1) is 0 Å².